The van der Waals surface area contributed by atoms with Gasteiger partial charge >= 0.3 is 0 Å². The molecule has 5 nitrogen and oxygen atoms in total. The number of imide groups is 1. The van der Waals surface area contributed by atoms with Gasteiger partial charge in [0.2, 0.25) is 5.91 Å². The monoisotopic (exact) mass is 404 g/mol. The number of benzene rings is 2. The molecule has 1 aliphatic heterocycles. The lowest BCUT2D eigenvalue weighted by atomic mass is 10.2. The molecule has 2 aromatic carbocycles. The number of carbonyl (C=O) groups excluding carboxylic acids is 3. The van der Waals surface area contributed by atoms with Crippen LogP contribution in [0.4, 0.5) is 4.79 Å². The smallest absolute Gasteiger partial charge is 0.294 e. The highest BCUT2D eigenvalue weighted by atomic mass is 35.5. The minimum absolute atomic E-state index is 0.264. The first-order valence-electron chi connectivity index (χ1n) is 7.50. The number of hydrogen-bond donors (Lipinski definition) is 1. The van der Waals surface area contributed by atoms with Gasteiger partial charge in [-0.25, -0.2) is 0 Å². The van der Waals surface area contributed by atoms with Crippen LogP contribution in [0.3, 0.4) is 0 Å². The number of carbonyl (C=O) groups is 3. The summed E-state index contributed by atoms with van der Waals surface area (Å²) in [6, 6.07) is 15.0. The van der Waals surface area contributed by atoms with Gasteiger partial charge in [-0.15, -0.1) is 0 Å². The van der Waals surface area contributed by atoms with Gasteiger partial charge in [0.15, 0.2) is 0 Å². The molecule has 1 heterocycles. The van der Waals surface area contributed by atoms with E-state index in [9.17, 15) is 14.4 Å². The third-order valence-electron chi connectivity index (χ3n) is 3.43. The van der Waals surface area contributed by atoms with Crippen LogP contribution >= 0.6 is 35.1 Å². The van der Waals surface area contributed by atoms with Crippen LogP contribution in [0.25, 0.3) is 6.08 Å². The summed E-state index contributed by atoms with van der Waals surface area (Å²) in [7, 11) is 0. The van der Waals surface area contributed by atoms with Gasteiger partial charge in [0.25, 0.3) is 11.1 Å². The van der Waals surface area contributed by atoms with E-state index in [0.29, 0.717) is 5.02 Å². The molecule has 3 amide bonds. The molecule has 2 N–H and O–H groups in total. The quantitative estimate of drug-likeness (QED) is 0.761. The maximum absolute atomic E-state index is 12.3. The molecule has 2 aromatic rings. The highest BCUT2D eigenvalue weighted by Gasteiger charge is 2.35. The lowest BCUT2D eigenvalue weighted by Crippen LogP contribution is -2.36. The summed E-state index contributed by atoms with van der Waals surface area (Å²) in [5.41, 5.74) is 5.89. The van der Waals surface area contributed by atoms with Crippen LogP contribution in [-0.4, -0.2) is 28.5 Å². The van der Waals surface area contributed by atoms with E-state index in [2.05, 4.69) is 0 Å². The Morgan fingerprint density at radius 1 is 1.15 bits per heavy atom. The normalized spacial score (nSPS) is 15.7. The van der Waals surface area contributed by atoms with E-state index in [1.807, 2.05) is 48.5 Å². The summed E-state index contributed by atoms with van der Waals surface area (Å²) in [5, 5.41) is 0.161. The molecule has 1 saturated heterocycles. The first-order valence-corrected chi connectivity index (χ1v) is 9.51. The van der Waals surface area contributed by atoms with Crippen LogP contribution in [0, 0.1) is 0 Å². The topological polar surface area (TPSA) is 80.5 Å². The fourth-order valence-corrected chi connectivity index (χ4v) is 4.13. The van der Waals surface area contributed by atoms with Crippen molar-refractivity contribution < 1.29 is 14.4 Å². The predicted molar refractivity (Wildman–Crippen MR) is 104 cm³/mol. The molecule has 1 aliphatic rings. The molecule has 1 fully saturated rings. The van der Waals surface area contributed by atoms with Crippen molar-refractivity contribution in [1.82, 2.24) is 4.90 Å². The van der Waals surface area contributed by atoms with E-state index in [4.69, 9.17) is 17.3 Å². The molecule has 26 heavy (non-hydrogen) atoms. The Balaban J connectivity index is 1.87. The zero-order chi connectivity index (χ0) is 18.7. The van der Waals surface area contributed by atoms with E-state index in [-0.39, 0.29) is 4.91 Å². The van der Waals surface area contributed by atoms with Crippen molar-refractivity contribution in [2.45, 2.75) is 9.79 Å². The van der Waals surface area contributed by atoms with Crippen molar-refractivity contribution in [2.24, 2.45) is 5.73 Å². The van der Waals surface area contributed by atoms with E-state index in [0.717, 1.165) is 32.0 Å². The molecule has 0 saturated carbocycles. The second-order valence-corrected chi connectivity index (χ2v) is 7.87. The van der Waals surface area contributed by atoms with E-state index >= 15 is 0 Å². The maximum Gasteiger partial charge on any atom is 0.294 e. The first-order chi connectivity index (χ1) is 12.4. The van der Waals surface area contributed by atoms with Crippen LogP contribution in [0.15, 0.2) is 63.2 Å². The number of nitrogens with two attached hydrogens (primary N) is 1. The zero-order valence-corrected chi connectivity index (χ0v) is 15.7. The molecular weight excluding hydrogens is 392 g/mol. The summed E-state index contributed by atoms with van der Waals surface area (Å²) in [5.74, 6) is -1.24. The predicted octanol–water partition coefficient (Wildman–Crippen LogP) is 4.01. The van der Waals surface area contributed by atoms with Gasteiger partial charge in [0.05, 0.1) is 4.91 Å². The van der Waals surface area contributed by atoms with Crippen molar-refractivity contribution in [1.29, 1.82) is 0 Å². The Hall–Kier alpha value is -2.22. The molecule has 3 rings (SSSR count). The minimum atomic E-state index is -0.729. The molecular formula is C18H13ClN2O3S2. The Labute approximate surface area is 163 Å². The second-order valence-electron chi connectivity index (χ2n) is 5.33. The third kappa shape index (κ3) is 4.30. The van der Waals surface area contributed by atoms with Gasteiger partial charge in [-0.2, -0.15) is 0 Å². The fourth-order valence-electron chi connectivity index (χ4n) is 2.26. The molecule has 0 aliphatic carbocycles. The second kappa shape index (κ2) is 7.99. The van der Waals surface area contributed by atoms with Crippen molar-refractivity contribution in [3.8, 4) is 0 Å². The third-order valence-corrected chi connectivity index (χ3v) is 5.69. The van der Waals surface area contributed by atoms with Crippen molar-refractivity contribution >= 4 is 58.3 Å². The number of hydrogen-bond acceptors (Lipinski definition) is 5. The molecule has 8 heteroatoms. The number of nitrogens with zero attached hydrogens (tertiary/aromatic N) is 1. The lowest BCUT2D eigenvalue weighted by molar-refractivity contribution is -0.127. The van der Waals surface area contributed by atoms with Crippen molar-refractivity contribution in [2.75, 3.05) is 6.54 Å². The van der Waals surface area contributed by atoms with Crippen molar-refractivity contribution in [3.63, 3.8) is 0 Å². The summed E-state index contributed by atoms with van der Waals surface area (Å²) in [6.07, 6.45) is 1.66. The minimum Gasteiger partial charge on any atom is -0.368 e. The molecule has 0 atom stereocenters. The summed E-state index contributed by atoms with van der Waals surface area (Å²) < 4.78 is 0. The summed E-state index contributed by atoms with van der Waals surface area (Å²) in [4.78, 5) is 38.4. The lowest BCUT2D eigenvalue weighted by Gasteiger charge is -2.09. The molecule has 0 spiro atoms. The van der Waals surface area contributed by atoms with Gasteiger partial charge in [0.1, 0.15) is 6.54 Å². The van der Waals surface area contributed by atoms with Crippen LogP contribution in [-0.2, 0) is 9.59 Å². The summed E-state index contributed by atoms with van der Waals surface area (Å²) >= 11 is 8.23. The number of amides is 3. The van der Waals surface area contributed by atoms with E-state index in [1.54, 1.807) is 6.08 Å². The van der Waals surface area contributed by atoms with Gasteiger partial charge in [0, 0.05) is 14.8 Å². The maximum atomic E-state index is 12.3. The number of thioether (sulfide) groups is 1. The Morgan fingerprint density at radius 3 is 2.54 bits per heavy atom. The van der Waals surface area contributed by atoms with E-state index < -0.39 is 23.6 Å². The van der Waals surface area contributed by atoms with Crippen molar-refractivity contribution in [3.05, 3.63) is 64.0 Å². The molecule has 132 valence electrons. The van der Waals surface area contributed by atoms with Gasteiger partial charge in [-0.05, 0) is 53.7 Å². The van der Waals surface area contributed by atoms with Gasteiger partial charge in [-0.3, -0.25) is 19.3 Å². The van der Waals surface area contributed by atoms with E-state index in [1.165, 1.54) is 11.8 Å². The van der Waals surface area contributed by atoms with Crippen LogP contribution in [0.1, 0.15) is 5.56 Å². The van der Waals surface area contributed by atoms with Gasteiger partial charge in [-0.1, -0.05) is 41.6 Å². The highest BCUT2D eigenvalue weighted by molar-refractivity contribution is 8.18. The molecule has 0 unspecified atom stereocenters. The van der Waals surface area contributed by atoms with Crippen LogP contribution in [0.2, 0.25) is 5.02 Å². The largest absolute Gasteiger partial charge is 0.368 e. The number of primary amides is 1. The SMILES string of the molecule is NC(=O)CN1C(=O)S/C(=C\c2ccccc2Sc2ccc(Cl)cc2)C1=O. The van der Waals surface area contributed by atoms with Crippen LogP contribution < -0.4 is 5.73 Å². The standard InChI is InChI=1S/C18H13ClN2O3S2/c19-12-5-7-13(8-6-12)25-14-4-2-1-3-11(14)9-15-17(23)21(10-16(20)22)18(24)26-15/h1-9H,10H2,(H2,20,22)/b15-9-. The number of halogens is 1. The average molecular weight is 405 g/mol. The Kier molecular flexibility index (Phi) is 5.70. The van der Waals surface area contributed by atoms with Crippen LogP contribution in [0.5, 0.6) is 0 Å². The molecule has 0 bridgehead atoms. The average Bonchev–Trinajstić information content (AvgIpc) is 2.86. The fraction of sp³-hybridized carbons (Fsp3) is 0.0556. The Morgan fingerprint density at radius 2 is 1.85 bits per heavy atom. The molecule has 0 radical (unpaired) electrons. The number of rotatable bonds is 5. The summed E-state index contributed by atoms with van der Waals surface area (Å²) in [6.45, 7) is -0.414. The highest BCUT2D eigenvalue weighted by Crippen LogP contribution is 2.36. The molecule has 0 aromatic heterocycles. The zero-order valence-electron chi connectivity index (χ0n) is 13.3. The first kappa shape index (κ1) is 18.6. The Bertz CT molecular complexity index is 913. The van der Waals surface area contributed by atoms with Gasteiger partial charge < -0.3 is 5.73 Å².